The van der Waals surface area contributed by atoms with Crippen LogP contribution in [0.15, 0.2) is 12.1 Å². The lowest BCUT2D eigenvalue weighted by atomic mass is 10.1. The Labute approximate surface area is 132 Å². The van der Waals surface area contributed by atoms with Crippen LogP contribution in [0.25, 0.3) is 0 Å². The molecule has 1 atom stereocenters. The third kappa shape index (κ3) is 4.03. The highest BCUT2D eigenvalue weighted by molar-refractivity contribution is 6.35. The zero-order valence-corrected chi connectivity index (χ0v) is 14.1. The Bertz CT molecular complexity index is 460. The third-order valence-corrected chi connectivity index (χ3v) is 4.82. The van der Waals surface area contributed by atoms with Gasteiger partial charge in [0.05, 0.1) is 10.7 Å². The fraction of sp³-hybridized carbons (Fsp3) is 0.625. The van der Waals surface area contributed by atoms with Gasteiger partial charge < -0.3 is 10.2 Å². The van der Waals surface area contributed by atoms with Crippen molar-refractivity contribution in [2.75, 3.05) is 18.4 Å². The number of anilines is 1. The maximum absolute atomic E-state index is 6.31. The van der Waals surface area contributed by atoms with Crippen molar-refractivity contribution in [2.45, 2.75) is 52.1 Å². The van der Waals surface area contributed by atoms with Gasteiger partial charge in [0.25, 0.3) is 0 Å². The highest BCUT2D eigenvalue weighted by Gasteiger charge is 2.19. The van der Waals surface area contributed by atoms with Crippen molar-refractivity contribution in [2.24, 2.45) is 0 Å². The van der Waals surface area contributed by atoms with E-state index in [1.165, 1.54) is 19.4 Å². The van der Waals surface area contributed by atoms with Gasteiger partial charge in [0, 0.05) is 23.7 Å². The SMILES string of the molecule is Cc1cc(Cl)c(NC2CCCN(C(C)C)CC2)cc1Cl. The van der Waals surface area contributed by atoms with Gasteiger partial charge in [0.2, 0.25) is 0 Å². The molecular weight excluding hydrogens is 291 g/mol. The second-order valence-electron chi connectivity index (χ2n) is 5.98. The molecule has 0 radical (unpaired) electrons. The zero-order chi connectivity index (χ0) is 14.7. The molecule has 1 heterocycles. The molecule has 1 saturated heterocycles. The van der Waals surface area contributed by atoms with E-state index < -0.39 is 0 Å². The van der Waals surface area contributed by atoms with Gasteiger partial charge in [-0.3, -0.25) is 0 Å². The first-order valence-electron chi connectivity index (χ1n) is 7.43. The Morgan fingerprint density at radius 1 is 1.15 bits per heavy atom. The summed E-state index contributed by atoms with van der Waals surface area (Å²) in [4.78, 5) is 2.55. The molecule has 1 unspecified atom stereocenters. The van der Waals surface area contributed by atoms with Crippen LogP contribution in [0.1, 0.15) is 38.7 Å². The van der Waals surface area contributed by atoms with Crippen LogP contribution in [0.3, 0.4) is 0 Å². The van der Waals surface area contributed by atoms with E-state index in [-0.39, 0.29) is 0 Å². The van der Waals surface area contributed by atoms with E-state index in [2.05, 4.69) is 24.1 Å². The van der Waals surface area contributed by atoms with Crippen LogP contribution < -0.4 is 5.32 Å². The molecule has 1 aliphatic heterocycles. The van der Waals surface area contributed by atoms with E-state index in [4.69, 9.17) is 23.2 Å². The lowest BCUT2D eigenvalue weighted by Gasteiger charge is -2.24. The van der Waals surface area contributed by atoms with Crippen LogP contribution in [-0.4, -0.2) is 30.1 Å². The van der Waals surface area contributed by atoms with E-state index in [0.717, 1.165) is 34.3 Å². The summed E-state index contributed by atoms with van der Waals surface area (Å²) in [5, 5.41) is 5.11. The summed E-state index contributed by atoms with van der Waals surface area (Å²) in [7, 11) is 0. The van der Waals surface area contributed by atoms with Crippen molar-refractivity contribution in [3.05, 3.63) is 27.7 Å². The summed E-state index contributed by atoms with van der Waals surface area (Å²) in [5.74, 6) is 0. The fourth-order valence-electron chi connectivity index (χ4n) is 2.76. The Hall–Kier alpha value is -0.440. The van der Waals surface area contributed by atoms with Gasteiger partial charge in [-0.1, -0.05) is 23.2 Å². The maximum atomic E-state index is 6.31. The fourth-order valence-corrected chi connectivity index (χ4v) is 3.19. The van der Waals surface area contributed by atoms with Crippen LogP contribution in [0, 0.1) is 6.92 Å². The summed E-state index contributed by atoms with van der Waals surface area (Å²) in [6.45, 7) is 8.85. The second kappa shape index (κ2) is 7.02. The number of rotatable bonds is 3. The summed E-state index contributed by atoms with van der Waals surface area (Å²) in [6.07, 6.45) is 3.57. The Balaban J connectivity index is 2.02. The molecule has 2 nitrogen and oxygen atoms in total. The Morgan fingerprint density at radius 2 is 1.90 bits per heavy atom. The van der Waals surface area contributed by atoms with Crippen molar-refractivity contribution >= 4 is 28.9 Å². The minimum absolute atomic E-state index is 0.482. The average Bonchev–Trinajstić information content (AvgIpc) is 2.61. The molecule has 1 fully saturated rings. The highest BCUT2D eigenvalue weighted by Crippen LogP contribution is 2.30. The first-order valence-corrected chi connectivity index (χ1v) is 8.19. The van der Waals surface area contributed by atoms with Crippen LogP contribution in [0.4, 0.5) is 5.69 Å². The standard InChI is InChI=1S/C16H24Cl2N2/c1-11(2)20-7-4-5-13(6-8-20)19-16-10-14(17)12(3)9-15(16)18/h9-11,13,19H,4-8H2,1-3H3. The molecule has 1 aromatic rings. The molecule has 4 heteroatoms. The molecule has 2 rings (SSSR count). The highest BCUT2D eigenvalue weighted by atomic mass is 35.5. The lowest BCUT2D eigenvalue weighted by molar-refractivity contribution is 0.230. The van der Waals surface area contributed by atoms with Gasteiger partial charge in [-0.15, -0.1) is 0 Å². The van der Waals surface area contributed by atoms with E-state index in [1.54, 1.807) is 0 Å². The molecule has 0 saturated carbocycles. The van der Waals surface area contributed by atoms with Crippen LogP contribution in [-0.2, 0) is 0 Å². The average molecular weight is 315 g/mol. The summed E-state index contributed by atoms with van der Waals surface area (Å²) >= 11 is 12.5. The maximum Gasteiger partial charge on any atom is 0.0641 e. The summed E-state index contributed by atoms with van der Waals surface area (Å²) in [5.41, 5.74) is 1.99. The van der Waals surface area contributed by atoms with E-state index in [0.29, 0.717) is 12.1 Å². The van der Waals surface area contributed by atoms with Gasteiger partial charge in [-0.25, -0.2) is 0 Å². The number of nitrogens with zero attached hydrogens (tertiary/aromatic N) is 1. The molecule has 20 heavy (non-hydrogen) atoms. The molecule has 0 spiro atoms. The zero-order valence-electron chi connectivity index (χ0n) is 12.5. The Morgan fingerprint density at radius 3 is 2.60 bits per heavy atom. The topological polar surface area (TPSA) is 15.3 Å². The van der Waals surface area contributed by atoms with Crippen molar-refractivity contribution in [3.63, 3.8) is 0 Å². The second-order valence-corrected chi connectivity index (χ2v) is 6.80. The molecule has 1 aliphatic rings. The van der Waals surface area contributed by atoms with Crippen molar-refractivity contribution in [1.82, 2.24) is 4.90 Å². The number of halogens is 2. The van der Waals surface area contributed by atoms with Crippen molar-refractivity contribution in [3.8, 4) is 0 Å². The van der Waals surface area contributed by atoms with Gasteiger partial charge in [0.1, 0.15) is 0 Å². The molecule has 0 aliphatic carbocycles. The monoisotopic (exact) mass is 314 g/mol. The van der Waals surface area contributed by atoms with Crippen LogP contribution in [0.2, 0.25) is 10.0 Å². The normalized spacial score (nSPS) is 21.0. The number of hydrogen-bond donors (Lipinski definition) is 1. The van der Waals surface area contributed by atoms with Crippen LogP contribution in [0.5, 0.6) is 0 Å². The smallest absolute Gasteiger partial charge is 0.0641 e. The first kappa shape index (κ1) is 15.9. The number of hydrogen-bond acceptors (Lipinski definition) is 2. The first-order chi connectivity index (χ1) is 9.47. The number of aryl methyl sites for hydroxylation is 1. The largest absolute Gasteiger partial charge is 0.381 e. The quantitative estimate of drug-likeness (QED) is 0.846. The Kier molecular flexibility index (Phi) is 5.59. The predicted molar refractivity (Wildman–Crippen MR) is 89.2 cm³/mol. The summed E-state index contributed by atoms with van der Waals surface area (Å²) in [6, 6.07) is 4.99. The van der Waals surface area contributed by atoms with Gasteiger partial charge in [-0.2, -0.15) is 0 Å². The van der Waals surface area contributed by atoms with Crippen molar-refractivity contribution < 1.29 is 0 Å². The van der Waals surface area contributed by atoms with E-state index >= 15 is 0 Å². The molecule has 1 aromatic carbocycles. The lowest BCUT2D eigenvalue weighted by Crippen LogP contribution is -2.32. The van der Waals surface area contributed by atoms with Gasteiger partial charge >= 0.3 is 0 Å². The van der Waals surface area contributed by atoms with Gasteiger partial charge in [0.15, 0.2) is 0 Å². The van der Waals surface area contributed by atoms with Crippen LogP contribution >= 0.6 is 23.2 Å². The molecule has 0 aromatic heterocycles. The minimum Gasteiger partial charge on any atom is -0.381 e. The van der Waals surface area contributed by atoms with Gasteiger partial charge in [-0.05, 0) is 64.3 Å². The van der Waals surface area contributed by atoms with E-state index in [1.807, 2.05) is 19.1 Å². The molecule has 1 N–H and O–H groups in total. The molecule has 0 amide bonds. The predicted octanol–water partition coefficient (Wildman–Crippen LogP) is 4.98. The molecule has 0 bridgehead atoms. The van der Waals surface area contributed by atoms with E-state index in [9.17, 15) is 0 Å². The molecular formula is C16H24Cl2N2. The summed E-state index contributed by atoms with van der Waals surface area (Å²) < 4.78 is 0. The number of likely N-dealkylation sites (tertiary alicyclic amines) is 1. The minimum atomic E-state index is 0.482. The number of nitrogens with one attached hydrogen (secondary N) is 1. The van der Waals surface area contributed by atoms with Crippen molar-refractivity contribution in [1.29, 1.82) is 0 Å². The number of benzene rings is 1. The molecule has 112 valence electrons. The third-order valence-electron chi connectivity index (χ3n) is 4.10.